The first-order valence-corrected chi connectivity index (χ1v) is 13.8. The van der Waals surface area contributed by atoms with Crippen molar-refractivity contribution in [1.29, 1.82) is 0 Å². The molecular formula is C17H26Br2N2O4S2. The van der Waals surface area contributed by atoms with E-state index in [4.69, 9.17) is 0 Å². The Morgan fingerprint density at radius 2 is 1.81 bits per heavy atom. The van der Waals surface area contributed by atoms with Crippen LogP contribution in [0.25, 0.3) is 0 Å². The van der Waals surface area contributed by atoms with E-state index in [0.29, 0.717) is 28.3 Å². The Kier molecular flexibility index (Phi) is 8.34. The minimum Gasteiger partial charge on any atom is -0.304 e. The van der Waals surface area contributed by atoms with Crippen molar-refractivity contribution >= 4 is 51.7 Å². The van der Waals surface area contributed by atoms with Crippen molar-refractivity contribution in [1.82, 2.24) is 9.21 Å². The Hall–Kier alpha value is -0.000000000000000111. The van der Waals surface area contributed by atoms with Gasteiger partial charge in [0.05, 0.1) is 16.4 Å². The van der Waals surface area contributed by atoms with Gasteiger partial charge in [-0.05, 0) is 66.6 Å². The lowest BCUT2D eigenvalue weighted by Crippen LogP contribution is -2.42. The molecule has 154 valence electrons. The SMILES string of the molecule is CCN(CC)CCCN([C@H]1CCS(=O)(=O)C1)S(=O)(=O)c1cc(Br)ccc1Br. The molecule has 1 atom stereocenters. The number of nitrogens with zero attached hydrogens (tertiary/aromatic N) is 2. The first kappa shape index (κ1) is 23.3. The fraction of sp³-hybridized carbons (Fsp3) is 0.647. The molecule has 0 amide bonds. The monoisotopic (exact) mass is 544 g/mol. The number of sulfonamides is 1. The van der Waals surface area contributed by atoms with Gasteiger partial charge < -0.3 is 4.90 Å². The van der Waals surface area contributed by atoms with Crippen LogP contribution in [0, 0.1) is 0 Å². The van der Waals surface area contributed by atoms with E-state index < -0.39 is 25.9 Å². The zero-order valence-electron chi connectivity index (χ0n) is 15.6. The molecule has 0 bridgehead atoms. The third-order valence-electron chi connectivity index (χ3n) is 4.84. The smallest absolute Gasteiger partial charge is 0.244 e. The molecule has 2 rings (SSSR count). The lowest BCUT2D eigenvalue weighted by molar-refractivity contribution is 0.269. The normalized spacial score (nSPS) is 19.9. The number of hydrogen-bond donors (Lipinski definition) is 0. The number of rotatable bonds is 9. The van der Waals surface area contributed by atoms with E-state index in [9.17, 15) is 16.8 Å². The molecule has 1 aliphatic rings. The molecule has 0 radical (unpaired) electrons. The zero-order chi connectivity index (χ0) is 20.2. The summed E-state index contributed by atoms with van der Waals surface area (Å²) >= 11 is 6.65. The summed E-state index contributed by atoms with van der Waals surface area (Å²) < 4.78 is 53.2. The number of hydrogen-bond acceptors (Lipinski definition) is 5. The molecule has 1 saturated heterocycles. The molecule has 0 saturated carbocycles. The Labute approximate surface area is 179 Å². The Bertz CT molecular complexity index is 856. The maximum Gasteiger partial charge on any atom is 0.244 e. The van der Waals surface area contributed by atoms with Crippen LogP contribution in [0.5, 0.6) is 0 Å². The third-order valence-corrected chi connectivity index (χ3v) is 10.0. The Balaban J connectivity index is 2.32. The highest BCUT2D eigenvalue weighted by molar-refractivity contribution is 9.11. The number of sulfone groups is 1. The standard InChI is InChI=1S/C17H26Br2N2O4S2/c1-3-20(4-2)9-5-10-21(15-8-11-26(22,23)13-15)27(24,25)17-12-14(18)6-7-16(17)19/h6-7,12,15H,3-5,8-11,13H2,1-2H3/t15-/m0/s1. The van der Waals surface area contributed by atoms with Gasteiger partial charge in [-0.25, -0.2) is 16.8 Å². The number of benzene rings is 1. The van der Waals surface area contributed by atoms with E-state index in [1.54, 1.807) is 18.2 Å². The van der Waals surface area contributed by atoms with E-state index in [1.165, 1.54) is 4.31 Å². The van der Waals surface area contributed by atoms with Gasteiger partial charge >= 0.3 is 0 Å². The van der Waals surface area contributed by atoms with Gasteiger partial charge in [0.1, 0.15) is 0 Å². The lowest BCUT2D eigenvalue weighted by atomic mass is 10.2. The summed E-state index contributed by atoms with van der Waals surface area (Å²) in [6.45, 7) is 7.02. The summed E-state index contributed by atoms with van der Waals surface area (Å²) in [6.07, 6.45) is 1.00. The molecule has 27 heavy (non-hydrogen) atoms. The first-order valence-electron chi connectivity index (χ1n) is 9.00. The molecule has 0 unspecified atom stereocenters. The van der Waals surface area contributed by atoms with Crippen LogP contribution in [0.3, 0.4) is 0 Å². The summed E-state index contributed by atoms with van der Waals surface area (Å²) in [5.74, 6) is -0.0670. The van der Waals surface area contributed by atoms with Crippen molar-refractivity contribution in [2.75, 3.05) is 37.7 Å². The van der Waals surface area contributed by atoms with Crippen molar-refractivity contribution in [3.8, 4) is 0 Å². The summed E-state index contributed by atoms with van der Waals surface area (Å²) in [7, 11) is -7.02. The predicted octanol–water partition coefficient (Wildman–Crippen LogP) is 3.12. The van der Waals surface area contributed by atoms with Gasteiger partial charge in [0.25, 0.3) is 0 Å². The fourth-order valence-electron chi connectivity index (χ4n) is 3.29. The topological polar surface area (TPSA) is 74.8 Å². The summed E-state index contributed by atoms with van der Waals surface area (Å²) in [5.41, 5.74) is 0. The van der Waals surface area contributed by atoms with Gasteiger partial charge in [-0.15, -0.1) is 0 Å². The van der Waals surface area contributed by atoms with Crippen LogP contribution in [-0.4, -0.2) is 69.8 Å². The fourth-order valence-corrected chi connectivity index (χ4v) is 8.28. The largest absolute Gasteiger partial charge is 0.304 e. The first-order chi connectivity index (χ1) is 12.6. The van der Waals surface area contributed by atoms with Crippen LogP contribution in [0.4, 0.5) is 0 Å². The minimum atomic E-state index is -3.83. The van der Waals surface area contributed by atoms with Gasteiger partial charge in [0.15, 0.2) is 9.84 Å². The molecule has 6 nitrogen and oxygen atoms in total. The van der Waals surface area contributed by atoms with Crippen LogP contribution >= 0.6 is 31.9 Å². The Morgan fingerprint density at radius 1 is 1.15 bits per heavy atom. The van der Waals surface area contributed by atoms with Gasteiger partial charge in [-0.1, -0.05) is 29.8 Å². The predicted molar refractivity (Wildman–Crippen MR) is 115 cm³/mol. The van der Waals surface area contributed by atoms with E-state index in [1.807, 2.05) is 0 Å². The van der Waals surface area contributed by atoms with Crippen molar-refractivity contribution in [2.24, 2.45) is 0 Å². The number of halogens is 2. The van der Waals surface area contributed by atoms with Crippen molar-refractivity contribution in [3.63, 3.8) is 0 Å². The third kappa shape index (κ3) is 5.99. The second-order valence-electron chi connectivity index (χ2n) is 6.63. The van der Waals surface area contributed by atoms with Crippen molar-refractivity contribution in [3.05, 3.63) is 27.1 Å². The molecule has 0 aliphatic carbocycles. The average Bonchev–Trinajstić information content (AvgIpc) is 2.96. The van der Waals surface area contributed by atoms with Gasteiger partial charge in [0, 0.05) is 21.5 Å². The van der Waals surface area contributed by atoms with Gasteiger partial charge in [-0.3, -0.25) is 0 Å². The molecule has 1 aromatic rings. The van der Waals surface area contributed by atoms with Crippen molar-refractivity contribution in [2.45, 2.75) is 37.6 Å². The highest BCUT2D eigenvalue weighted by Crippen LogP contribution is 2.31. The quantitative estimate of drug-likeness (QED) is 0.476. The minimum absolute atomic E-state index is 0.0411. The molecule has 1 fully saturated rings. The molecule has 10 heteroatoms. The molecule has 0 spiro atoms. The summed E-state index contributed by atoms with van der Waals surface area (Å²) in [5, 5.41) is 0. The van der Waals surface area contributed by atoms with E-state index in [2.05, 4.69) is 50.6 Å². The molecule has 0 N–H and O–H groups in total. The van der Waals surface area contributed by atoms with E-state index in [-0.39, 0.29) is 16.4 Å². The summed E-state index contributed by atoms with van der Waals surface area (Å²) in [6, 6.07) is 4.48. The lowest BCUT2D eigenvalue weighted by Gasteiger charge is -2.29. The van der Waals surface area contributed by atoms with Crippen LogP contribution in [0.2, 0.25) is 0 Å². The highest BCUT2D eigenvalue weighted by Gasteiger charge is 2.39. The highest BCUT2D eigenvalue weighted by atomic mass is 79.9. The van der Waals surface area contributed by atoms with E-state index >= 15 is 0 Å². The van der Waals surface area contributed by atoms with Crippen LogP contribution < -0.4 is 0 Å². The summed E-state index contributed by atoms with van der Waals surface area (Å²) in [4.78, 5) is 2.38. The molecule has 0 aromatic heterocycles. The second-order valence-corrected chi connectivity index (χ2v) is 12.5. The van der Waals surface area contributed by atoms with E-state index in [0.717, 1.165) is 19.6 Å². The molecule has 1 aliphatic heterocycles. The van der Waals surface area contributed by atoms with Gasteiger partial charge in [-0.2, -0.15) is 4.31 Å². The molecule has 1 heterocycles. The molecular weight excluding hydrogens is 520 g/mol. The second kappa shape index (κ2) is 9.67. The Morgan fingerprint density at radius 3 is 2.37 bits per heavy atom. The molecule has 1 aromatic carbocycles. The van der Waals surface area contributed by atoms with Crippen LogP contribution in [0.1, 0.15) is 26.7 Å². The zero-order valence-corrected chi connectivity index (χ0v) is 20.4. The maximum absolute atomic E-state index is 13.4. The average molecular weight is 546 g/mol. The van der Waals surface area contributed by atoms with Crippen LogP contribution in [-0.2, 0) is 19.9 Å². The van der Waals surface area contributed by atoms with Crippen molar-refractivity contribution < 1.29 is 16.8 Å². The maximum atomic E-state index is 13.4. The van der Waals surface area contributed by atoms with Crippen LogP contribution in [0.15, 0.2) is 32.0 Å². The van der Waals surface area contributed by atoms with Gasteiger partial charge in [0.2, 0.25) is 10.0 Å².